The van der Waals surface area contributed by atoms with Gasteiger partial charge < -0.3 is 9.47 Å². The van der Waals surface area contributed by atoms with E-state index in [9.17, 15) is 4.79 Å². The fraction of sp³-hybridized carbons (Fsp3) is 0.462. The van der Waals surface area contributed by atoms with Crippen molar-refractivity contribution < 1.29 is 14.3 Å². The van der Waals surface area contributed by atoms with Gasteiger partial charge in [-0.25, -0.2) is 4.79 Å². The first-order valence-electron chi connectivity index (χ1n) is 5.53. The fourth-order valence-corrected chi connectivity index (χ4v) is 1.85. The van der Waals surface area contributed by atoms with Gasteiger partial charge in [0.2, 0.25) is 0 Å². The van der Waals surface area contributed by atoms with Crippen molar-refractivity contribution in [2.75, 3.05) is 13.7 Å². The number of hydrogen-bond acceptors (Lipinski definition) is 3. The predicted octanol–water partition coefficient (Wildman–Crippen LogP) is 3.53. The van der Waals surface area contributed by atoms with Crippen molar-refractivity contribution in [1.29, 1.82) is 0 Å². The van der Waals surface area contributed by atoms with Gasteiger partial charge >= 0.3 is 5.97 Å². The molecule has 0 heterocycles. The number of rotatable bonds is 4. The van der Waals surface area contributed by atoms with Crippen LogP contribution in [0.1, 0.15) is 34.8 Å². The molecule has 0 fully saturated rings. The maximum atomic E-state index is 11.8. The van der Waals surface area contributed by atoms with E-state index in [2.05, 4.69) is 0 Å². The molecule has 0 N–H and O–H groups in total. The van der Waals surface area contributed by atoms with Gasteiger partial charge in [0.15, 0.2) is 0 Å². The van der Waals surface area contributed by atoms with Crippen LogP contribution in [0.5, 0.6) is 5.75 Å². The van der Waals surface area contributed by atoms with Crippen molar-refractivity contribution in [3.63, 3.8) is 0 Å². The summed E-state index contributed by atoms with van der Waals surface area (Å²) in [7, 11) is 1.35. The summed E-state index contributed by atoms with van der Waals surface area (Å²) in [4.78, 5) is 11.8. The lowest BCUT2D eigenvalue weighted by Crippen LogP contribution is -2.10. The lowest BCUT2D eigenvalue weighted by atomic mass is 10.0. The quantitative estimate of drug-likeness (QED) is 0.773. The predicted molar refractivity (Wildman–Crippen MR) is 68.1 cm³/mol. The van der Waals surface area contributed by atoms with E-state index < -0.39 is 5.97 Å². The van der Waals surface area contributed by atoms with E-state index >= 15 is 0 Å². The Morgan fingerprint density at radius 3 is 2.59 bits per heavy atom. The minimum absolute atomic E-state index is 0.417. The van der Waals surface area contributed by atoms with Crippen molar-refractivity contribution in [3.05, 3.63) is 27.8 Å². The Morgan fingerprint density at radius 2 is 2.06 bits per heavy atom. The summed E-state index contributed by atoms with van der Waals surface area (Å²) in [5.74, 6) is 0.153. The van der Waals surface area contributed by atoms with Gasteiger partial charge in [0.25, 0.3) is 0 Å². The van der Waals surface area contributed by atoms with Gasteiger partial charge in [-0.05, 0) is 37.5 Å². The molecule has 0 aliphatic rings. The Kier molecular flexibility index (Phi) is 4.82. The summed E-state index contributed by atoms with van der Waals surface area (Å²) in [6.45, 7) is 6.22. The van der Waals surface area contributed by atoms with Crippen LogP contribution < -0.4 is 4.74 Å². The molecule has 0 atom stereocenters. The topological polar surface area (TPSA) is 35.5 Å². The molecule has 94 valence electrons. The van der Waals surface area contributed by atoms with E-state index in [0.29, 0.717) is 28.5 Å². The minimum atomic E-state index is -0.417. The Morgan fingerprint density at radius 1 is 1.41 bits per heavy atom. The zero-order chi connectivity index (χ0) is 13.0. The van der Waals surface area contributed by atoms with Crippen LogP contribution in [-0.2, 0) is 4.74 Å². The highest BCUT2D eigenvalue weighted by atomic mass is 35.5. The normalized spacial score (nSPS) is 10.2. The molecule has 0 saturated heterocycles. The number of esters is 1. The number of methoxy groups -OCH3 is 1. The number of ether oxygens (including phenoxy) is 2. The maximum Gasteiger partial charge on any atom is 0.341 e. The highest BCUT2D eigenvalue weighted by Crippen LogP contribution is 2.32. The van der Waals surface area contributed by atoms with E-state index in [4.69, 9.17) is 21.1 Å². The Bertz CT molecular complexity index is 427. The second kappa shape index (κ2) is 5.92. The second-order valence-electron chi connectivity index (χ2n) is 3.84. The smallest absolute Gasteiger partial charge is 0.341 e. The van der Waals surface area contributed by atoms with Crippen LogP contribution in [0.4, 0.5) is 0 Å². The molecule has 0 spiro atoms. The largest absolute Gasteiger partial charge is 0.492 e. The SMILES string of the molecule is CCCOc1c(C)cc(Cl)c(C)c1C(=O)OC. The molecule has 0 saturated carbocycles. The van der Waals surface area contributed by atoms with Crippen molar-refractivity contribution in [2.45, 2.75) is 27.2 Å². The average Bonchev–Trinajstić information content (AvgIpc) is 2.31. The summed E-state index contributed by atoms with van der Waals surface area (Å²) in [6, 6.07) is 1.80. The summed E-state index contributed by atoms with van der Waals surface area (Å²) in [6.07, 6.45) is 0.877. The van der Waals surface area contributed by atoms with Crippen LogP contribution in [0.25, 0.3) is 0 Å². The third-order valence-corrected chi connectivity index (χ3v) is 2.89. The second-order valence-corrected chi connectivity index (χ2v) is 4.25. The molecule has 0 aromatic heterocycles. The molecule has 0 bridgehead atoms. The Hall–Kier alpha value is -1.22. The molecule has 4 heteroatoms. The highest BCUT2D eigenvalue weighted by Gasteiger charge is 2.20. The first kappa shape index (κ1) is 13.8. The van der Waals surface area contributed by atoms with E-state index in [0.717, 1.165) is 12.0 Å². The average molecular weight is 257 g/mol. The van der Waals surface area contributed by atoms with Gasteiger partial charge in [-0.2, -0.15) is 0 Å². The molecular formula is C13H17ClO3. The van der Waals surface area contributed by atoms with Gasteiger partial charge in [-0.15, -0.1) is 0 Å². The van der Waals surface area contributed by atoms with Crippen molar-refractivity contribution in [2.24, 2.45) is 0 Å². The summed E-state index contributed by atoms with van der Waals surface area (Å²) < 4.78 is 10.4. The van der Waals surface area contributed by atoms with Gasteiger partial charge in [-0.3, -0.25) is 0 Å². The molecule has 0 amide bonds. The van der Waals surface area contributed by atoms with Crippen molar-refractivity contribution in [3.8, 4) is 5.75 Å². The van der Waals surface area contributed by atoms with Crippen LogP contribution in [0.3, 0.4) is 0 Å². The number of hydrogen-bond donors (Lipinski definition) is 0. The van der Waals surface area contributed by atoms with E-state index in [-0.39, 0.29) is 0 Å². The van der Waals surface area contributed by atoms with Gasteiger partial charge in [0, 0.05) is 5.02 Å². The van der Waals surface area contributed by atoms with Gasteiger partial charge in [0.1, 0.15) is 11.3 Å². The van der Waals surface area contributed by atoms with Crippen molar-refractivity contribution >= 4 is 17.6 Å². The van der Waals surface area contributed by atoms with Crippen LogP contribution in [0.2, 0.25) is 5.02 Å². The molecule has 0 aliphatic heterocycles. The highest BCUT2D eigenvalue weighted by molar-refractivity contribution is 6.32. The van der Waals surface area contributed by atoms with E-state index in [1.165, 1.54) is 7.11 Å². The number of carbonyl (C=O) groups is 1. The summed E-state index contributed by atoms with van der Waals surface area (Å²) >= 11 is 6.06. The monoisotopic (exact) mass is 256 g/mol. The molecule has 0 radical (unpaired) electrons. The molecule has 1 rings (SSSR count). The molecule has 3 nitrogen and oxygen atoms in total. The lowest BCUT2D eigenvalue weighted by molar-refractivity contribution is 0.0595. The zero-order valence-electron chi connectivity index (χ0n) is 10.6. The minimum Gasteiger partial charge on any atom is -0.492 e. The number of halogens is 1. The van der Waals surface area contributed by atoms with Gasteiger partial charge in [-0.1, -0.05) is 18.5 Å². The van der Waals surface area contributed by atoms with Crippen molar-refractivity contribution in [1.82, 2.24) is 0 Å². The standard InChI is InChI=1S/C13H17ClO3/c1-5-6-17-12-8(2)7-10(14)9(3)11(12)13(15)16-4/h7H,5-6H2,1-4H3. The molecule has 0 unspecified atom stereocenters. The number of aryl methyl sites for hydroxylation is 1. The zero-order valence-corrected chi connectivity index (χ0v) is 11.4. The van der Waals surface area contributed by atoms with E-state index in [1.807, 2.05) is 13.8 Å². The first-order chi connectivity index (χ1) is 8.02. The summed E-state index contributed by atoms with van der Waals surface area (Å²) in [5.41, 5.74) is 1.95. The number of carbonyl (C=O) groups excluding carboxylic acids is 1. The lowest BCUT2D eigenvalue weighted by Gasteiger charge is -2.15. The Labute approximate surface area is 107 Å². The maximum absolute atomic E-state index is 11.8. The van der Waals surface area contributed by atoms with Crippen LogP contribution in [0.15, 0.2) is 6.07 Å². The third kappa shape index (κ3) is 2.91. The molecule has 1 aromatic carbocycles. The molecular weight excluding hydrogens is 240 g/mol. The number of benzene rings is 1. The van der Waals surface area contributed by atoms with Crippen LogP contribution >= 0.6 is 11.6 Å². The first-order valence-corrected chi connectivity index (χ1v) is 5.91. The third-order valence-electron chi connectivity index (χ3n) is 2.50. The molecule has 1 aromatic rings. The van der Waals surface area contributed by atoms with Crippen LogP contribution in [-0.4, -0.2) is 19.7 Å². The van der Waals surface area contributed by atoms with Gasteiger partial charge in [0.05, 0.1) is 13.7 Å². The fourth-order valence-electron chi connectivity index (χ4n) is 1.59. The van der Waals surface area contributed by atoms with E-state index in [1.54, 1.807) is 13.0 Å². The van der Waals surface area contributed by atoms with Crippen LogP contribution in [0, 0.1) is 13.8 Å². The Balaban J connectivity index is 3.33. The molecule has 0 aliphatic carbocycles. The molecule has 17 heavy (non-hydrogen) atoms. The summed E-state index contributed by atoms with van der Waals surface area (Å²) in [5, 5.41) is 0.548.